The van der Waals surface area contributed by atoms with Crippen molar-refractivity contribution in [3.8, 4) is 0 Å². The van der Waals surface area contributed by atoms with E-state index in [1.165, 1.54) is 42.5 Å². The molecule has 1 atom stereocenters. The maximum Gasteiger partial charge on any atom is 0.223 e. The van der Waals surface area contributed by atoms with Crippen molar-refractivity contribution in [1.82, 2.24) is 10.2 Å². The Morgan fingerprint density at radius 2 is 1.83 bits per heavy atom. The first-order valence-corrected chi connectivity index (χ1v) is 12.3. The number of fused-ring (bicyclic) bond motifs is 1. The Bertz CT molecular complexity index is 842. The quantitative estimate of drug-likeness (QED) is 0.673. The van der Waals surface area contributed by atoms with Crippen LogP contribution in [-0.4, -0.2) is 29.8 Å². The molecule has 0 radical (unpaired) electrons. The van der Waals surface area contributed by atoms with Crippen molar-refractivity contribution in [2.24, 2.45) is 5.92 Å². The highest BCUT2D eigenvalue weighted by Crippen LogP contribution is 2.38. The second-order valence-corrected chi connectivity index (χ2v) is 9.59. The Kier molecular flexibility index (Phi) is 7.21. The zero-order valence-electron chi connectivity index (χ0n) is 17.6. The molecule has 1 unspecified atom stereocenters. The lowest BCUT2D eigenvalue weighted by molar-refractivity contribution is -0.135. The molecular formula is C25H32N2O2S. The molecule has 1 aliphatic carbocycles. The van der Waals surface area contributed by atoms with Gasteiger partial charge < -0.3 is 10.2 Å². The minimum atomic E-state index is -0.0388. The van der Waals surface area contributed by atoms with E-state index in [1.54, 1.807) is 11.3 Å². The zero-order valence-corrected chi connectivity index (χ0v) is 18.5. The minimum Gasteiger partial charge on any atom is -0.356 e. The van der Waals surface area contributed by atoms with Gasteiger partial charge in [0.15, 0.2) is 0 Å². The number of nitrogens with zero attached hydrogens (tertiary/aromatic N) is 1. The number of nitrogens with one attached hydrogen (secondary N) is 1. The highest BCUT2D eigenvalue weighted by Gasteiger charge is 2.32. The van der Waals surface area contributed by atoms with Gasteiger partial charge in [-0.3, -0.25) is 9.59 Å². The molecule has 4 rings (SSSR count). The lowest BCUT2D eigenvalue weighted by atomic mass is 9.87. The average Bonchev–Trinajstić information content (AvgIpc) is 3.27. The molecule has 1 aromatic heterocycles. The number of carbonyl (C=O) groups is 2. The molecule has 0 saturated heterocycles. The summed E-state index contributed by atoms with van der Waals surface area (Å²) >= 11 is 1.77. The van der Waals surface area contributed by atoms with Crippen molar-refractivity contribution < 1.29 is 9.59 Å². The molecule has 2 aliphatic rings. The molecule has 1 aliphatic heterocycles. The van der Waals surface area contributed by atoms with Gasteiger partial charge in [-0.25, -0.2) is 0 Å². The van der Waals surface area contributed by atoms with E-state index in [9.17, 15) is 9.59 Å². The number of rotatable bonds is 7. The summed E-state index contributed by atoms with van der Waals surface area (Å²) in [5, 5.41) is 5.15. The zero-order chi connectivity index (χ0) is 20.8. The second kappa shape index (κ2) is 10.3. The third-order valence-electron chi connectivity index (χ3n) is 6.57. The van der Waals surface area contributed by atoms with Gasteiger partial charge in [0.1, 0.15) is 0 Å². The molecular weight excluding hydrogens is 392 g/mol. The van der Waals surface area contributed by atoms with Gasteiger partial charge in [0.2, 0.25) is 11.8 Å². The monoisotopic (exact) mass is 424 g/mol. The third-order valence-corrected chi connectivity index (χ3v) is 7.56. The molecule has 4 nitrogen and oxygen atoms in total. The molecule has 1 fully saturated rings. The maximum absolute atomic E-state index is 13.1. The Hall–Kier alpha value is -2.14. The summed E-state index contributed by atoms with van der Waals surface area (Å²) in [6.45, 7) is 1.46. The number of carbonyl (C=O) groups excluding carboxylic acids is 2. The van der Waals surface area contributed by atoms with Gasteiger partial charge in [0.05, 0.1) is 6.04 Å². The van der Waals surface area contributed by atoms with Crippen molar-refractivity contribution in [2.75, 3.05) is 13.1 Å². The fourth-order valence-electron chi connectivity index (χ4n) is 4.92. The van der Waals surface area contributed by atoms with E-state index < -0.39 is 0 Å². The number of benzene rings is 1. The van der Waals surface area contributed by atoms with E-state index >= 15 is 0 Å². The van der Waals surface area contributed by atoms with E-state index in [1.807, 2.05) is 23.1 Å². The van der Waals surface area contributed by atoms with Crippen molar-refractivity contribution >= 4 is 23.2 Å². The van der Waals surface area contributed by atoms with Gasteiger partial charge in [0, 0.05) is 30.8 Å². The van der Waals surface area contributed by atoms with Crippen molar-refractivity contribution in [3.05, 3.63) is 57.8 Å². The fourth-order valence-corrected chi connectivity index (χ4v) is 5.83. The van der Waals surface area contributed by atoms with Crippen LogP contribution in [0.25, 0.3) is 0 Å². The molecule has 2 amide bonds. The van der Waals surface area contributed by atoms with E-state index in [0.717, 1.165) is 37.4 Å². The van der Waals surface area contributed by atoms with Gasteiger partial charge in [0.25, 0.3) is 0 Å². The van der Waals surface area contributed by atoms with Crippen LogP contribution in [-0.2, 0) is 16.0 Å². The van der Waals surface area contributed by atoms with E-state index in [2.05, 4.69) is 28.9 Å². The molecule has 160 valence electrons. The van der Waals surface area contributed by atoms with Crippen LogP contribution in [0.5, 0.6) is 0 Å². The average molecular weight is 425 g/mol. The molecule has 2 aromatic rings. The number of hydrogen-bond acceptors (Lipinski definition) is 3. The first kappa shape index (κ1) is 21.1. The molecule has 0 spiro atoms. The van der Waals surface area contributed by atoms with E-state index in [0.29, 0.717) is 0 Å². The van der Waals surface area contributed by atoms with Crippen molar-refractivity contribution in [2.45, 2.75) is 63.8 Å². The Balaban J connectivity index is 1.31. The smallest absolute Gasteiger partial charge is 0.223 e. The first-order valence-electron chi connectivity index (χ1n) is 11.4. The van der Waals surface area contributed by atoms with Gasteiger partial charge in [-0.2, -0.15) is 0 Å². The predicted octanol–water partition coefficient (Wildman–Crippen LogP) is 5.09. The van der Waals surface area contributed by atoms with Crippen LogP contribution in [0.1, 0.15) is 73.4 Å². The van der Waals surface area contributed by atoms with Gasteiger partial charge in [-0.15, -0.1) is 11.3 Å². The summed E-state index contributed by atoms with van der Waals surface area (Å²) in [4.78, 5) is 28.7. The predicted molar refractivity (Wildman–Crippen MR) is 121 cm³/mol. The molecule has 0 bridgehead atoms. The van der Waals surface area contributed by atoms with Gasteiger partial charge in [-0.05, 0) is 41.3 Å². The lowest BCUT2D eigenvalue weighted by Crippen LogP contribution is -2.40. The number of amides is 2. The van der Waals surface area contributed by atoms with E-state index in [-0.39, 0.29) is 30.7 Å². The molecule has 30 heavy (non-hydrogen) atoms. The standard InChI is InChI=1S/C25H32N2O2S/c28-23(26-16-13-19-7-3-1-4-8-19)11-12-24(29)27-17-14-22-21(15-18-30-22)25(27)20-9-5-2-6-10-20/h2,5-6,9-10,15,18-19,25H,1,3-4,7-8,11-14,16-17H2,(H,26,28). The second-order valence-electron chi connectivity index (χ2n) is 8.59. The SMILES string of the molecule is O=C(CCC(=O)N1CCc2sccc2C1c1ccccc1)NCCC1CCCCC1. The summed E-state index contributed by atoms with van der Waals surface area (Å²) < 4.78 is 0. The Morgan fingerprint density at radius 3 is 2.63 bits per heavy atom. The van der Waals surface area contributed by atoms with Crippen LogP contribution < -0.4 is 5.32 Å². The van der Waals surface area contributed by atoms with E-state index in [4.69, 9.17) is 0 Å². The Labute approximate surface area is 183 Å². The van der Waals surface area contributed by atoms with Gasteiger partial charge in [-0.1, -0.05) is 62.4 Å². The minimum absolute atomic E-state index is 0.00338. The highest BCUT2D eigenvalue weighted by molar-refractivity contribution is 7.10. The molecule has 2 heterocycles. The summed E-state index contributed by atoms with van der Waals surface area (Å²) in [7, 11) is 0. The Morgan fingerprint density at radius 1 is 1.03 bits per heavy atom. The largest absolute Gasteiger partial charge is 0.356 e. The topological polar surface area (TPSA) is 49.4 Å². The van der Waals surface area contributed by atoms with Crippen LogP contribution in [0.2, 0.25) is 0 Å². The highest BCUT2D eigenvalue weighted by atomic mass is 32.1. The molecule has 1 saturated carbocycles. The summed E-state index contributed by atoms with van der Waals surface area (Å²) in [5.41, 5.74) is 2.38. The van der Waals surface area contributed by atoms with Crippen molar-refractivity contribution in [3.63, 3.8) is 0 Å². The number of thiophene rings is 1. The molecule has 1 N–H and O–H groups in total. The summed E-state index contributed by atoms with van der Waals surface area (Å²) in [6.07, 6.45) is 9.14. The normalized spacial score (nSPS) is 19.3. The van der Waals surface area contributed by atoms with Crippen LogP contribution in [0.3, 0.4) is 0 Å². The summed E-state index contributed by atoms with van der Waals surface area (Å²) in [5.74, 6) is 0.840. The van der Waals surface area contributed by atoms with Crippen LogP contribution in [0, 0.1) is 5.92 Å². The molecule has 5 heteroatoms. The van der Waals surface area contributed by atoms with Gasteiger partial charge >= 0.3 is 0 Å². The number of hydrogen-bond donors (Lipinski definition) is 1. The van der Waals surface area contributed by atoms with Crippen LogP contribution in [0.4, 0.5) is 0 Å². The molecule has 1 aromatic carbocycles. The maximum atomic E-state index is 13.1. The van der Waals surface area contributed by atoms with Crippen molar-refractivity contribution in [1.29, 1.82) is 0 Å². The third kappa shape index (κ3) is 5.12. The van der Waals surface area contributed by atoms with Crippen LogP contribution >= 0.6 is 11.3 Å². The fraction of sp³-hybridized carbons (Fsp3) is 0.520. The van der Waals surface area contributed by atoms with Crippen LogP contribution in [0.15, 0.2) is 41.8 Å². The lowest BCUT2D eigenvalue weighted by Gasteiger charge is -2.36. The summed E-state index contributed by atoms with van der Waals surface area (Å²) in [6, 6.07) is 12.4. The first-order chi connectivity index (χ1) is 14.7.